The Morgan fingerprint density at radius 3 is 2.61 bits per heavy atom. The number of piperazine rings is 1. The summed E-state index contributed by atoms with van der Waals surface area (Å²) in [5, 5.41) is 6.11. The molecule has 7 heteroatoms. The standard InChI is InChI=1S/C21H24N4O2S/c1-16-4-6-17(7-5-16)22-20(26)13-24-8-10-25(11-9-24)14-21-23-18(15-28-21)19-3-2-12-27-19/h2-7,12,15H,8-11,13-14H2,1H3,(H,22,26). The van der Waals surface area contributed by atoms with Crippen LogP contribution in [0.25, 0.3) is 11.5 Å². The SMILES string of the molecule is Cc1ccc(NC(=O)CN2CCN(Cc3nc(-c4ccco4)cs3)CC2)cc1. The first kappa shape index (κ1) is 18.9. The summed E-state index contributed by atoms with van der Waals surface area (Å²) in [6.45, 7) is 6.96. The van der Waals surface area contributed by atoms with E-state index in [9.17, 15) is 4.79 Å². The summed E-state index contributed by atoms with van der Waals surface area (Å²) in [5.74, 6) is 0.854. The number of anilines is 1. The molecule has 2 aromatic heterocycles. The highest BCUT2D eigenvalue weighted by atomic mass is 32.1. The second kappa shape index (κ2) is 8.68. The smallest absolute Gasteiger partial charge is 0.238 e. The summed E-state index contributed by atoms with van der Waals surface area (Å²) in [7, 11) is 0. The summed E-state index contributed by atoms with van der Waals surface area (Å²) in [6.07, 6.45) is 1.67. The minimum atomic E-state index is 0.0420. The highest BCUT2D eigenvalue weighted by molar-refractivity contribution is 7.09. The van der Waals surface area contributed by atoms with Crippen molar-refractivity contribution in [2.75, 3.05) is 38.0 Å². The molecule has 0 unspecified atom stereocenters. The van der Waals surface area contributed by atoms with Crippen LogP contribution in [0.1, 0.15) is 10.6 Å². The minimum absolute atomic E-state index is 0.0420. The Balaban J connectivity index is 1.22. The van der Waals surface area contributed by atoms with Crippen LogP contribution in [0.15, 0.2) is 52.5 Å². The van der Waals surface area contributed by atoms with E-state index in [4.69, 9.17) is 4.42 Å². The number of hydrogen-bond acceptors (Lipinski definition) is 6. The Bertz CT molecular complexity index is 897. The van der Waals surface area contributed by atoms with Crippen LogP contribution in [0, 0.1) is 6.92 Å². The number of carbonyl (C=O) groups excluding carboxylic acids is 1. The molecule has 0 saturated carbocycles. The summed E-state index contributed by atoms with van der Waals surface area (Å²) in [5.41, 5.74) is 2.94. The van der Waals surface area contributed by atoms with E-state index < -0.39 is 0 Å². The summed E-state index contributed by atoms with van der Waals surface area (Å²) in [4.78, 5) is 21.5. The molecule has 1 aliphatic heterocycles. The van der Waals surface area contributed by atoms with Crippen molar-refractivity contribution in [1.29, 1.82) is 0 Å². The number of rotatable bonds is 6. The van der Waals surface area contributed by atoms with E-state index in [-0.39, 0.29) is 5.91 Å². The second-order valence-corrected chi connectivity index (χ2v) is 8.01. The molecule has 0 aliphatic carbocycles. The van der Waals surface area contributed by atoms with Gasteiger partial charge in [-0.2, -0.15) is 0 Å². The van der Waals surface area contributed by atoms with E-state index in [1.165, 1.54) is 5.56 Å². The van der Waals surface area contributed by atoms with Gasteiger partial charge in [0.05, 0.1) is 19.4 Å². The van der Waals surface area contributed by atoms with Crippen LogP contribution in [-0.2, 0) is 11.3 Å². The average Bonchev–Trinajstić information content (AvgIpc) is 3.37. The van der Waals surface area contributed by atoms with Gasteiger partial charge in [-0.1, -0.05) is 17.7 Å². The van der Waals surface area contributed by atoms with Gasteiger partial charge >= 0.3 is 0 Å². The third-order valence-corrected chi connectivity index (χ3v) is 5.69. The molecule has 1 N–H and O–H groups in total. The molecule has 0 atom stereocenters. The normalized spacial score (nSPS) is 15.6. The monoisotopic (exact) mass is 396 g/mol. The van der Waals surface area contributed by atoms with Gasteiger partial charge in [-0.15, -0.1) is 11.3 Å². The molecular weight excluding hydrogens is 372 g/mol. The largest absolute Gasteiger partial charge is 0.463 e. The van der Waals surface area contributed by atoms with E-state index in [2.05, 4.69) is 20.1 Å². The lowest BCUT2D eigenvalue weighted by Gasteiger charge is -2.33. The van der Waals surface area contributed by atoms with Crippen LogP contribution in [0.2, 0.25) is 0 Å². The van der Waals surface area contributed by atoms with Crippen molar-refractivity contribution in [2.45, 2.75) is 13.5 Å². The number of thiazole rings is 1. The van der Waals surface area contributed by atoms with Gasteiger partial charge < -0.3 is 9.73 Å². The fraction of sp³-hybridized carbons (Fsp3) is 0.333. The Morgan fingerprint density at radius 2 is 1.89 bits per heavy atom. The molecule has 1 fully saturated rings. The number of amides is 1. The fourth-order valence-electron chi connectivity index (χ4n) is 3.26. The number of benzene rings is 1. The Labute approximate surface area is 168 Å². The van der Waals surface area contributed by atoms with Crippen molar-refractivity contribution in [3.63, 3.8) is 0 Å². The van der Waals surface area contributed by atoms with Gasteiger partial charge in [-0.3, -0.25) is 14.6 Å². The predicted molar refractivity (Wildman–Crippen MR) is 111 cm³/mol. The van der Waals surface area contributed by atoms with Gasteiger partial charge in [0.2, 0.25) is 5.91 Å². The first-order valence-corrected chi connectivity index (χ1v) is 10.3. The first-order valence-electron chi connectivity index (χ1n) is 9.45. The van der Waals surface area contributed by atoms with Crippen LogP contribution in [-0.4, -0.2) is 53.4 Å². The number of hydrogen-bond donors (Lipinski definition) is 1. The Kier molecular flexibility index (Phi) is 5.85. The van der Waals surface area contributed by atoms with Crippen molar-refractivity contribution in [1.82, 2.24) is 14.8 Å². The van der Waals surface area contributed by atoms with E-state index in [1.54, 1.807) is 17.6 Å². The zero-order valence-electron chi connectivity index (χ0n) is 15.9. The fourth-order valence-corrected chi connectivity index (χ4v) is 4.08. The van der Waals surface area contributed by atoms with Crippen LogP contribution in [0.4, 0.5) is 5.69 Å². The zero-order valence-corrected chi connectivity index (χ0v) is 16.7. The predicted octanol–water partition coefficient (Wildman–Crippen LogP) is 3.47. The van der Waals surface area contributed by atoms with Crippen molar-refractivity contribution < 1.29 is 9.21 Å². The molecule has 0 radical (unpaired) electrons. The molecule has 3 aromatic rings. The molecule has 4 rings (SSSR count). The summed E-state index contributed by atoms with van der Waals surface area (Å²) in [6, 6.07) is 11.7. The number of carbonyl (C=O) groups is 1. The maximum absolute atomic E-state index is 12.3. The molecule has 0 spiro atoms. The minimum Gasteiger partial charge on any atom is -0.463 e. The maximum Gasteiger partial charge on any atom is 0.238 e. The zero-order chi connectivity index (χ0) is 19.3. The molecule has 1 aromatic carbocycles. The molecular formula is C21H24N4O2S. The van der Waals surface area contributed by atoms with Crippen LogP contribution in [0.3, 0.4) is 0 Å². The highest BCUT2D eigenvalue weighted by Crippen LogP contribution is 2.23. The summed E-state index contributed by atoms with van der Waals surface area (Å²) >= 11 is 1.66. The Morgan fingerprint density at radius 1 is 1.14 bits per heavy atom. The highest BCUT2D eigenvalue weighted by Gasteiger charge is 2.20. The van der Waals surface area contributed by atoms with Crippen LogP contribution < -0.4 is 5.32 Å². The van der Waals surface area contributed by atoms with Crippen molar-refractivity contribution >= 4 is 22.9 Å². The van der Waals surface area contributed by atoms with E-state index >= 15 is 0 Å². The van der Waals surface area contributed by atoms with Crippen LogP contribution in [0.5, 0.6) is 0 Å². The average molecular weight is 397 g/mol. The number of furan rings is 1. The van der Waals surface area contributed by atoms with Crippen LogP contribution >= 0.6 is 11.3 Å². The maximum atomic E-state index is 12.3. The number of nitrogens with zero attached hydrogens (tertiary/aromatic N) is 3. The molecule has 1 aliphatic rings. The van der Waals surface area contributed by atoms with E-state index in [1.807, 2.05) is 48.7 Å². The number of nitrogens with one attached hydrogen (secondary N) is 1. The van der Waals surface area contributed by atoms with E-state index in [0.717, 1.165) is 54.9 Å². The molecule has 0 bridgehead atoms. The van der Waals surface area contributed by atoms with Gasteiger partial charge in [0, 0.05) is 37.2 Å². The molecule has 6 nitrogen and oxygen atoms in total. The molecule has 1 saturated heterocycles. The summed E-state index contributed by atoms with van der Waals surface area (Å²) < 4.78 is 5.41. The topological polar surface area (TPSA) is 61.6 Å². The third-order valence-electron chi connectivity index (χ3n) is 4.85. The lowest BCUT2D eigenvalue weighted by atomic mass is 10.2. The first-order chi connectivity index (χ1) is 13.7. The third kappa shape index (κ3) is 4.86. The van der Waals surface area contributed by atoms with Crippen molar-refractivity contribution in [3.8, 4) is 11.5 Å². The van der Waals surface area contributed by atoms with Crippen molar-refractivity contribution in [2.24, 2.45) is 0 Å². The van der Waals surface area contributed by atoms with Gasteiger partial charge in [-0.05, 0) is 31.2 Å². The van der Waals surface area contributed by atoms with Gasteiger partial charge in [0.25, 0.3) is 0 Å². The molecule has 146 valence electrons. The lowest BCUT2D eigenvalue weighted by molar-refractivity contribution is -0.117. The lowest BCUT2D eigenvalue weighted by Crippen LogP contribution is -2.48. The molecule has 3 heterocycles. The van der Waals surface area contributed by atoms with Gasteiger partial charge in [0.1, 0.15) is 10.7 Å². The van der Waals surface area contributed by atoms with Crippen molar-refractivity contribution in [3.05, 3.63) is 58.6 Å². The number of aromatic nitrogens is 1. The molecule has 1 amide bonds. The Hall–Kier alpha value is -2.48. The van der Waals surface area contributed by atoms with Gasteiger partial charge in [0.15, 0.2) is 5.76 Å². The van der Waals surface area contributed by atoms with Gasteiger partial charge in [-0.25, -0.2) is 4.98 Å². The van der Waals surface area contributed by atoms with E-state index in [0.29, 0.717) is 6.54 Å². The number of aryl methyl sites for hydroxylation is 1. The molecule has 28 heavy (non-hydrogen) atoms. The quantitative estimate of drug-likeness (QED) is 0.691. The second-order valence-electron chi connectivity index (χ2n) is 7.07.